The van der Waals surface area contributed by atoms with Gasteiger partial charge in [-0.15, -0.1) is 10.1 Å². The van der Waals surface area contributed by atoms with Gasteiger partial charge in [-0.1, -0.05) is 12.1 Å². The summed E-state index contributed by atoms with van der Waals surface area (Å²) in [5, 5.41) is 12.2. The fraction of sp³-hybridized carbons (Fsp3) is 0.368. The number of benzene rings is 1. The minimum absolute atomic E-state index is 0.107. The van der Waals surface area contributed by atoms with Crippen LogP contribution >= 0.6 is 0 Å². The second-order valence-corrected chi connectivity index (χ2v) is 6.23. The SMILES string of the molecule is COC(=O)C1=C(C)NC(C)=C(C(=O)OCCCO[N+](=O)[O-])C1c1cccc(F)c1. The summed E-state index contributed by atoms with van der Waals surface area (Å²) in [5.74, 6) is -2.83. The maximum absolute atomic E-state index is 13.9. The molecule has 0 radical (unpaired) electrons. The van der Waals surface area contributed by atoms with Crippen molar-refractivity contribution in [2.45, 2.75) is 26.2 Å². The van der Waals surface area contributed by atoms with Crippen molar-refractivity contribution in [1.29, 1.82) is 0 Å². The lowest BCUT2D eigenvalue weighted by Gasteiger charge is -2.30. The molecular formula is C19H21FN2O7. The Morgan fingerprint density at radius 2 is 1.83 bits per heavy atom. The molecule has 1 aromatic rings. The van der Waals surface area contributed by atoms with Crippen molar-refractivity contribution >= 4 is 11.9 Å². The molecule has 9 nitrogen and oxygen atoms in total. The second kappa shape index (κ2) is 9.67. The highest BCUT2D eigenvalue weighted by Gasteiger charge is 2.37. The standard InChI is InChI=1S/C19H21FN2O7/c1-11-15(18(23)27-3)17(13-6-4-7-14(20)10-13)16(12(2)21-11)19(24)28-8-5-9-29-22(25)26/h4,6-7,10,17,21H,5,8-9H2,1-3H3. The maximum atomic E-state index is 13.9. The molecule has 1 aliphatic rings. The molecule has 156 valence electrons. The summed E-state index contributed by atoms with van der Waals surface area (Å²) in [6, 6.07) is 5.56. The van der Waals surface area contributed by atoms with Gasteiger partial charge < -0.3 is 19.6 Å². The summed E-state index contributed by atoms with van der Waals surface area (Å²) in [6.07, 6.45) is 0.107. The number of esters is 2. The minimum Gasteiger partial charge on any atom is -0.466 e. The average molecular weight is 408 g/mol. The number of hydrogen-bond donors (Lipinski definition) is 1. The monoisotopic (exact) mass is 408 g/mol. The van der Waals surface area contributed by atoms with Crippen LogP contribution in [0.1, 0.15) is 31.7 Å². The van der Waals surface area contributed by atoms with E-state index in [1.54, 1.807) is 19.9 Å². The van der Waals surface area contributed by atoms with Gasteiger partial charge in [0, 0.05) is 17.8 Å². The second-order valence-electron chi connectivity index (χ2n) is 6.23. The topological polar surface area (TPSA) is 117 Å². The van der Waals surface area contributed by atoms with Gasteiger partial charge in [-0.2, -0.15) is 0 Å². The summed E-state index contributed by atoms with van der Waals surface area (Å²) in [5.41, 5.74) is 1.58. The lowest BCUT2D eigenvalue weighted by Crippen LogP contribution is -2.32. The van der Waals surface area contributed by atoms with E-state index in [1.807, 2.05) is 0 Å². The fourth-order valence-corrected chi connectivity index (χ4v) is 3.11. The van der Waals surface area contributed by atoms with Gasteiger partial charge in [-0.25, -0.2) is 14.0 Å². The Labute approximate surface area is 166 Å². The highest BCUT2D eigenvalue weighted by Crippen LogP contribution is 2.39. The van der Waals surface area contributed by atoms with Crippen LogP contribution in [0.25, 0.3) is 0 Å². The number of nitrogens with zero attached hydrogens (tertiary/aromatic N) is 1. The first-order valence-corrected chi connectivity index (χ1v) is 8.73. The number of ether oxygens (including phenoxy) is 2. The van der Waals surface area contributed by atoms with Gasteiger partial charge in [0.15, 0.2) is 0 Å². The molecule has 1 aromatic carbocycles. The molecule has 0 aliphatic carbocycles. The van der Waals surface area contributed by atoms with Gasteiger partial charge in [0.1, 0.15) is 5.82 Å². The van der Waals surface area contributed by atoms with Crippen molar-refractivity contribution in [2.75, 3.05) is 20.3 Å². The van der Waals surface area contributed by atoms with Crippen molar-refractivity contribution < 1.29 is 33.4 Å². The summed E-state index contributed by atoms with van der Waals surface area (Å²) in [6.45, 7) is 2.93. The largest absolute Gasteiger partial charge is 0.466 e. The van der Waals surface area contributed by atoms with E-state index >= 15 is 0 Å². The molecule has 29 heavy (non-hydrogen) atoms. The van der Waals surface area contributed by atoms with E-state index in [-0.39, 0.29) is 30.8 Å². The average Bonchev–Trinajstić information content (AvgIpc) is 2.66. The number of allylic oxidation sites excluding steroid dienone is 2. The zero-order valence-corrected chi connectivity index (χ0v) is 16.2. The molecule has 2 rings (SSSR count). The van der Waals surface area contributed by atoms with Gasteiger partial charge >= 0.3 is 11.9 Å². The molecule has 1 unspecified atom stereocenters. The van der Waals surface area contributed by atoms with Crippen LogP contribution in [-0.2, 0) is 23.9 Å². The molecule has 1 N–H and O–H groups in total. The molecule has 0 fully saturated rings. The van der Waals surface area contributed by atoms with Gasteiger partial charge in [-0.05, 0) is 31.5 Å². The molecule has 0 saturated carbocycles. The van der Waals surface area contributed by atoms with Crippen LogP contribution in [0.2, 0.25) is 0 Å². The first-order valence-electron chi connectivity index (χ1n) is 8.73. The highest BCUT2D eigenvalue weighted by molar-refractivity contribution is 5.99. The Hall–Kier alpha value is -3.43. The van der Waals surface area contributed by atoms with E-state index in [4.69, 9.17) is 9.47 Å². The number of carbonyl (C=O) groups is 2. The normalized spacial score (nSPS) is 16.2. The predicted octanol–water partition coefficient (Wildman–Crippen LogP) is 2.38. The van der Waals surface area contributed by atoms with Crippen molar-refractivity contribution in [3.05, 3.63) is 68.3 Å². The molecule has 0 spiro atoms. The molecule has 1 aliphatic heterocycles. The van der Waals surface area contributed by atoms with Crippen LogP contribution < -0.4 is 5.32 Å². The Morgan fingerprint density at radius 1 is 1.17 bits per heavy atom. The maximum Gasteiger partial charge on any atom is 0.336 e. The zero-order valence-electron chi connectivity index (χ0n) is 16.2. The molecule has 0 bridgehead atoms. The number of hydrogen-bond acceptors (Lipinski definition) is 8. The molecular weight excluding hydrogens is 387 g/mol. The first kappa shape index (κ1) is 21.9. The van der Waals surface area contributed by atoms with Crippen LogP contribution in [0.5, 0.6) is 0 Å². The van der Waals surface area contributed by atoms with Crippen LogP contribution in [-0.4, -0.2) is 37.3 Å². The zero-order chi connectivity index (χ0) is 21.6. The van der Waals surface area contributed by atoms with E-state index in [1.165, 1.54) is 25.3 Å². The summed E-state index contributed by atoms with van der Waals surface area (Å²) < 4.78 is 23.9. The Balaban J connectivity index is 2.34. The molecule has 0 aromatic heterocycles. The summed E-state index contributed by atoms with van der Waals surface area (Å²) >= 11 is 0. The molecule has 1 atom stereocenters. The lowest BCUT2D eigenvalue weighted by molar-refractivity contribution is -0.757. The smallest absolute Gasteiger partial charge is 0.336 e. The van der Waals surface area contributed by atoms with Crippen LogP contribution in [0, 0.1) is 15.9 Å². The van der Waals surface area contributed by atoms with E-state index in [0.29, 0.717) is 17.0 Å². The Kier molecular flexibility index (Phi) is 7.29. The van der Waals surface area contributed by atoms with E-state index < -0.39 is 28.8 Å². The quantitative estimate of drug-likeness (QED) is 0.302. The third kappa shape index (κ3) is 5.31. The summed E-state index contributed by atoms with van der Waals surface area (Å²) in [4.78, 5) is 39.5. The highest BCUT2D eigenvalue weighted by atomic mass is 19.1. The molecule has 1 heterocycles. The van der Waals surface area contributed by atoms with E-state index in [9.17, 15) is 24.1 Å². The number of nitrogens with one attached hydrogen (secondary N) is 1. The van der Waals surface area contributed by atoms with Crippen molar-refractivity contribution in [3.63, 3.8) is 0 Å². The molecule has 0 amide bonds. The van der Waals surface area contributed by atoms with Crippen LogP contribution in [0.15, 0.2) is 46.8 Å². The minimum atomic E-state index is -0.935. The van der Waals surface area contributed by atoms with Gasteiger partial charge in [0.05, 0.1) is 37.4 Å². The number of methoxy groups -OCH3 is 1. The lowest BCUT2D eigenvalue weighted by atomic mass is 9.80. The first-order chi connectivity index (χ1) is 13.8. The fourth-order valence-electron chi connectivity index (χ4n) is 3.11. The van der Waals surface area contributed by atoms with Crippen molar-refractivity contribution in [1.82, 2.24) is 5.32 Å². The predicted molar refractivity (Wildman–Crippen MR) is 98.2 cm³/mol. The third-order valence-electron chi connectivity index (χ3n) is 4.29. The summed E-state index contributed by atoms with van der Waals surface area (Å²) in [7, 11) is 1.21. The number of dihydropyridines is 1. The van der Waals surface area contributed by atoms with Crippen LogP contribution in [0.4, 0.5) is 4.39 Å². The van der Waals surface area contributed by atoms with Crippen LogP contribution in [0.3, 0.4) is 0 Å². The Bertz CT molecular complexity index is 879. The van der Waals surface area contributed by atoms with Gasteiger partial charge in [-0.3, -0.25) is 0 Å². The van der Waals surface area contributed by atoms with Gasteiger partial charge in [0.25, 0.3) is 5.09 Å². The molecule has 0 saturated heterocycles. The number of rotatable bonds is 8. The van der Waals surface area contributed by atoms with E-state index in [0.717, 1.165) is 0 Å². The van der Waals surface area contributed by atoms with E-state index in [2.05, 4.69) is 10.2 Å². The number of carbonyl (C=O) groups excluding carboxylic acids is 2. The molecule has 10 heteroatoms. The third-order valence-corrected chi connectivity index (χ3v) is 4.29. The number of halogens is 1. The van der Waals surface area contributed by atoms with Crippen molar-refractivity contribution in [3.8, 4) is 0 Å². The van der Waals surface area contributed by atoms with Gasteiger partial charge in [0.2, 0.25) is 0 Å². The Morgan fingerprint density at radius 3 is 2.41 bits per heavy atom. The van der Waals surface area contributed by atoms with Crippen molar-refractivity contribution in [2.24, 2.45) is 0 Å².